The molecule has 3 aromatic carbocycles. The van der Waals surface area contributed by atoms with Crippen LogP contribution in [0, 0.1) is 0 Å². The maximum atomic E-state index is 13.0. The molecule has 0 aliphatic heterocycles. The number of aromatic nitrogens is 2. The second-order valence-electron chi connectivity index (χ2n) is 9.38. The Hall–Kier alpha value is -4.96. The first kappa shape index (κ1) is 26.3. The molecule has 41 heavy (non-hydrogen) atoms. The highest BCUT2D eigenvalue weighted by molar-refractivity contribution is 7.21. The number of pyridine rings is 1. The molecule has 6 aromatic rings. The van der Waals surface area contributed by atoms with E-state index in [1.165, 1.54) is 18.2 Å². The lowest BCUT2D eigenvalue weighted by Gasteiger charge is -2.13. The molecule has 0 amide bonds. The number of carboxylic acids is 2. The molecule has 0 saturated carbocycles. The summed E-state index contributed by atoms with van der Waals surface area (Å²) in [6, 6.07) is 24.7. The minimum Gasteiger partial charge on any atom is -0.480 e. The molecule has 0 unspecified atom stereocenters. The maximum absolute atomic E-state index is 13.0. The summed E-state index contributed by atoms with van der Waals surface area (Å²) in [7, 11) is 0. The largest absolute Gasteiger partial charge is 0.480 e. The van der Waals surface area contributed by atoms with E-state index in [0.717, 1.165) is 40.0 Å². The highest BCUT2D eigenvalue weighted by Gasteiger charge is 2.30. The zero-order valence-corrected chi connectivity index (χ0v) is 21.8. The highest BCUT2D eigenvalue weighted by atomic mass is 32.1. The molecule has 6 rings (SSSR count). The van der Waals surface area contributed by atoms with Crippen molar-refractivity contribution in [3.05, 3.63) is 101 Å². The summed E-state index contributed by atoms with van der Waals surface area (Å²) in [5.41, 5.74) is 4.32. The number of nitrogens with zero attached hydrogens (tertiary/aromatic N) is 2. The molecule has 3 heterocycles. The van der Waals surface area contributed by atoms with Gasteiger partial charge in [-0.25, -0.2) is 9.78 Å². The molecule has 3 aromatic heterocycles. The first-order valence-electron chi connectivity index (χ1n) is 12.4. The topological polar surface area (TPSA) is 92.4 Å². The molecule has 0 saturated heterocycles. The lowest BCUT2D eigenvalue weighted by atomic mass is 9.99. The van der Waals surface area contributed by atoms with E-state index < -0.39 is 23.7 Å². The molecule has 10 heteroatoms. The Morgan fingerprint density at radius 2 is 1.54 bits per heavy atom. The summed E-state index contributed by atoms with van der Waals surface area (Å²) < 4.78 is 41.2. The molecule has 2 N–H and O–H groups in total. The predicted octanol–water partition coefficient (Wildman–Crippen LogP) is 8.05. The molecule has 6 nitrogen and oxygen atoms in total. The van der Waals surface area contributed by atoms with Crippen LogP contribution in [0.15, 0.2) is 91.0 Å². The number of fused-ring (bicyclic) bond motifs is 2. The minimum absolute atomic E-state index is 0.108. The summed E-state index contributed by atoms with van der Waals surface area (Å²) in [6.07, 6.45) is -4.42. The summed E-state index contributed by atoms with van der Waals surface area (Å²) in [5.74, 6) is -2.16. The van der Waals surface area contributed by atoms with Crippen molar-refractivity contribution in [1.29, 1.82) is 0 Å². The van der Waals surface area contributed by atoms with E-state index in [4.69, 9.17) is 0 Å². The SMILES string of the molecule is O=C(O)Cn1c(-c2ccc3nc(-c4ccc(C(F)(F)F)cc4)ccc3c2)c(-c2ccccc2)c2sc(C(=O)O)cc21. The van der Waals surface area contributed by atoms with Crippen LogP contribution in [0.25, 0.3) is 54.8 Å². The van der Waals surface area contributed by atoms with Gasteiger partial charge in [-0.1, -0.05) is 54.6 Å². The first-order chi connectivity index (χ1) is 19.6. The van der Waals surface area contributed by atoms with Gasteiger partial charge in [-0.3, -0.25) is 4.79 Å². The van der Waals surface area contributed by atoms with Crippen LogP contribution >= 0.6 is 11.3 Å². The van der Waals surface area contributed by atoms with Crippen molar-refractivity contribution in [2.24, 2.45) is 0 Å². The van der Waals surface area contributed by atoms with Crippen LogP contribution in [0.2, 0.25) is 0 Å². The van der Waals surface area contributed by atoms with E-state index in [0.29, 0.717) is 38.2 Å². The second kappa shape index (κ2) is 9.90. The molecule has 0 aliphatic rings. The Bertz CT molecular complexity index is 1960. The third kappa shape index (κ3) is 4.82. The quantitative estimate of drug-likeness (QED) is 0.211. The van der Waals surface area contributed by atoms with Crippen LogP contribution < -0.4 is 0 Å². The summed E-state index contributed by atoms with van der Waals surface area (Å²) >= 11 is 1.09. The van der Waals surface area contributed by atoms with Gasteiger partial charge in [-0.15, -0.1) is 11.3 Å². The molecule has 0 fully saturated rings. The number of halogens is 3. The van der Waals surface area contributed by atoms with Crippen molar-refractivity contribution in [2.75, 3.05) is 0 Å². The van der Waals surface area contributed by atoms with Crippen molar-refractivity contribution in [3.63, 3.8) is 0 Å². The molecule has 0 bridgehead atoms. The zero-order chi connectivity index (χ0) is 28.9. The zero-order valence-electron chi connectivity index (χ0n) is 21.0. The average molecular weight is 573 g/mol. The van der Waals surface area contributed by atoms with Crippen molar-refractivity contribution in [2.45, 2.75) is 12.7 Å². The van der Waals surface area contributed by atoms with Crippen LogP contribution in [0.5, 0.6) is 0 Å². The van der Waals surface area contributed by atoms with Crippen LogP contribution in [-0.2, 0) is 17.5 Å². The minimum atomic E-state index is -4.42. The lowest BCUT2D eigenvalue weighted by Crippen LogP contribution is -2.10. The number of carboxylic acid groups (broad SMARTS) is 2. The fourth-order valence-electron chi connectivity index (χ4n) is 4.97. The fraction of sp³-hybridized carbons (Fsp3) is 0.0645. The number of aromatic carboxylic acids is 1. The van der Waals surface area contributed by atoms with Gasteiger partial charge in [0.15, 0.2) is 0 Å². The lowest BCUT2D eigenvalue weighted by molar-refractivity contribution is -0.138. The fourth-order valence-corrected chi connectivity index (χ4v) is 6.03. The second-order valence-corrected chi connectivity index (χ2v) is 10.4. The Balaban J connectivity index is 1.51. The number of rotatable bonds is 6. The van der Waals surface area contributed by atoms with Crippen molar-refractivity contribution < 1.29 is 33.0 Å². The normalized spacial score (nSPS) is 11.8. The van der Waals surface area contributed by atoms with Crippen LogP contribution in [0.3, 0.4) is 0 Å². The molecule has 0 spiro atoms. The number of hydrogen-bond acceptors (Lipinski definition) is 4. The predicted molar refractivity (Wildman–Crippen MR) is 151 cm³/mol. The van der Waals surface area contributed by atoms with E-state index in [1.807, 2.05) is 48.5 Å². The number of aliphatic carboxylic acids is 1. The van der Waals surface area contributed by atoms with Gasteiger partial charge in [0.2, 0.25) is 0 Å². The maximum Gasteiger partial charge on any atom is 0.416 e. The molecular weight excluding hydrogens is 553 g/mol. The van der Waals surface area contributed by atoms with Crippen LogP contribution in [0.4, 0.5) is 13.2 Å². The highest BCUT2D eigenvalue weighted by Crippen LogP contribution is 2.45. The third-order valence-corrected chi connectivity index (χ3v) is 7.90. The Kier molecular flexibility index (Phi) is 6.34. The van der Waals surface area contributed by atoms with Crippen LogP contribution in [0.1, 0.15) is 15.2 Å². The van der Waals surface area contributed by atoms with Gasteiger partial charge in [0.1, 0.15) is 11.4 Å². The number of thiophene rings is 1. The first-order valence-corrected chi connectivity index (χ1v) is 13.2. The molecule has 0 radical (unpaired) electrons. The standard InChI is InChI=1S/C31H19F3N2O4S/c32-31(33,34)21-10-6-17(7-11-21)22-12-8-19-14-20(9-13-23(19)35-22)28-27(18-4-2-1-3-5-18)29-24(36(28)16-26(37)38)15-25(41-29)30(39)40/h1-15H,16H2,(H,37,38)(H,39,40). The number of carbonyl (C=O) groups is 2. The van der Waals surface area contributed by atoms with E-state index in [-0.39, 0.29) is 11.4 Å². The Labute approximate surface area is 234 Å². The van der Waals surface area contributed by atoms with Gasteiger partial charge in [-0.2, -0.15) is 13.2 Å². The van der Waals surface area contributed by atoms with Gasteiger partial charge in [0.25, 0.3) is 0 Å². The van der Waals surface area contributed by atoms with Crippen LogP contribution in [-0.4, -0.2) is 31.7 Å². The van der Waals surface area contributed by atoms with Gasteiger partial charge in [0.05, 0.1) is 32.7 Å². The van der Waals surface area contributed by atoms with Gasteiger partial charge < -0.3 is 14.8 Å². The number of hydrogen-bond donors (Lipinski definition) is 2. The van der Waals surface area contributed by atoms with E-state index in [9.17, 15) is 33.0 Å². The smallest absolute Gasteiger partial charge is 0.416 e. The van der Waals surface area contributed by atoms with Gasteiger partial charge in [-0.05, 0) is 47.5 Å². The van der Waals surface area contributed by atoms with Gasteiger partial charge in [0, 0.05) is 16.5 Å². The Morgan fingerprint density at radius 1 is 0.829 bits per heavy atom. The summed E-state index contributed by atoms with van der Waals surface area (Å²) in [4.78, 5) is 28.5. The van der Waals surface area contributed by atoms with Crippen molar-refractivity contribution in [1.82, 2.24) is 9.55 Å². The molecule has 0 atom stereocenters. The monoisotopic (exact) mass is 572 g/mol. The van der Waals surface area contributed by atoms with E-state index in [1.54, 1.807) is 16.7 Å². The average Bonchev–Trinajstić information content (AvgIpc) is 3.51. The summed E-state index contributed by atoms with van der Waals surface area (Å²) in [6.45, 7) is -0.377. The molecule has 204 valence electrons. The van der Waals surface area contributed by atoms with Crippen molar-refractivity contribution >= 4 is 44.4 Å². The number of benzene rings is 3. The van der Waals surface area contributed by atoms with Gasteiger partial charge >= 0.3 is 18.1 Å². The van der Waals surface area contributed by atoms with E-state index >= 15 is 0 Å². The molecular formula is C31H19F3N2O4S. The Morgan fingerprint density at radius 3 is 2.20 bits per heavy atom. The molecule has 0 aliphatic carbocycles. The number of alkyl halides is 3. The summed E-state index contributed by atoms with van der Waals surface area (Å²) in [5, 5.41) is 20.1. The van der Waals surface area contributed by atoms with Crippen molar-refractivity contribution in [3.8, 4) is 33.6 Å². The third-order valence-electron chi connectivity index (χ3n) is 6.77. The van der Waals surface area contributed by atoms with E-state index in [2.05, 4.69) is 4.98 Å².